The number of hydrogen-bond donors (Lipinski definition) is 2. The fraction of sp³-hybridized carbons (Fsp3) is 0.400. The van der Waals surface area contributed by atoms with E-state index in [0.717, 1.165) is 18.8 Å². The van der Waals surface area contributed by atoms with Crippen molar-refractivity contribution in [1.29, 1.82) is 0 Å². The Labute approximate surface area is 133 Å². The lowest BCUT2D eigenvalue weighted by Crippen LogP contribution is -2.31. The van der Waals surface area contributed by atoms with Crippen molar-refractivity contribution < 1.29 is 9.59 Å². The van der Waals surface area contributed by atoms with Crippen molar-refractivity contribution in [2.24, 2.45) is 0 Å². The second-order valence-corrected chi connectivity index (χ2v) is 5.80. The summed E-state index contributed by atoms with van der Waals surface area (Å²) in [5.41, 5.74) is 0. The largest absolute Gasteiger partial charge is 0.356 e. The molecule has 0 saturated carbocycles. The molecule has 6 nitrogen and oxygen atoms in total. The van der Waals surface area contributed by atoms with Crippen LogP contribution in [0.5, 0.6) is 0 Å². The maximum atomic E-state index is 11.7. The van der Waals surface area contributed by atoms with Crippen LogP contribution in [0.1, 0.15) is 28.3 Å². The smallest absolute Gasteiger partial charge is 0.261 e. The molecule has 2 aromatic rings. The van der Waals surface area contributed by atoms with Crippen molar-refractivity contribution in [2.75, 3.05) is 13.1 Å². The Morgan fingerprint density at radius 2 is 2.18 bits per heavy atom. The van der Waals surface area contributed by atoms with Crippen LogP contribution in [0, 0.1) is 6.92 Å². The van der Waals surface area contributed by atoms with Gasteiger partial charge in [-0.25, -0.2) is 4.98 Å². The number of nitrogens with zero attached hydrogens (tertiary/aromatic N) is 2. The van der Waals surface area contributed by atoms with Gasteiger partial charge in [0.05, 0.1) is 4.88 Å². The Bertz CT molecular complexity index is 607. The van der Waals surface area contributed by atoms with Crippen LogP contribution in [0.2, 0.25) is 0 Å². The van der Waals surface area contributed by atoms with E-state index in [0.29, 0.717) is 24.4 Å². The molecule has 0 saturated heterocycles. The van der Waals surface area contributed by atoms with Gasteiger partial charge in [-0.2, -0.15) is 0 Å². The lowest BCUT2D eigenvalue weighted by Gasteiger charge is -2.07. The van der Waals surface area contributed by atoms with Crippen LogP contribution >= 0.6 is 11.3 Å². The van der Waals surface area contributed by atoms with Gasteiger partial charge in [-0.05, 0) is 24.8 Å². The minimum atomic E-state index is -0.126. The third-order valence-electron chi connectivity index (χ3n) is 3.20. The molecule has 2 amide bonds. The zero-order valence-electron chi connectivity index (χ0n) is 12.5. The molecule has 118 valence electrons. The number of hydrogen-bond acceptors (Lipinski definition) is 4. The van der Waals surface area contributed by atoms with Gasteiger partial charge in [0.15, 0.2) is 0 Å². The predicted molar refractivity (Wildman–Crippen MR) is 85.9 cm³/mol. The predicted octanol–water partition coefficient (Wildman–Crippen LogP) is 1.58. The molecule has 2 rings (SSSR count). The van der Waals surface area contributed by atoms with E-state index in [1.165, 1.54) is 11.3 Å². The Kier molecular flexibility index (Phi) is 6.14. The first-order valence-electron chi connectivity index (χ1n) is 7.23. The van der Waals surface area contributed by atoms with Gasteiger partial charge in [0, 0.05) is 38.4 Å². The number of carbonyl (C=O) groups excluding carboxylic acids is 2. The van der Waals surface area contributed by atoms with Gasteiger partial charge in [0.2, 0.25) is 5.91 Å². The molecule has 22 heavy (non-hydrogen) atoms. The number of imidazole rings is 1. The molecule has 7 heteroatoms. The molecule has 0 aromatic carbocycles. The molecule has 0 unspecified atom stereocenters. The minimum Gasteiger partial charge on any atom is -0.356 e. The lowest BCUT2D eigenvalue weighted by molar-refractivity contribution is -0.120. The van der Waals surface area contributed by atoms with Crippen molar-refractivity contribution in [3.8, 4) is 0 Å². The van der Waals surface area contributed by atoms with Crippen LogP contribution in [0.25, 0.3) is 0 Å². The highest BCUT2D eigenvalue weighted by Crippen LogP contribution is 2.07. The van der Waals surface area contributed by atoms with Crippen molar-refractivity contribution in [2.45, 2.75) is 26.3 Å². The van der Waals surface area contributed by atoms with Crippen LogP contribution in [0.15, 0.2) is 29.9 Å². The molecule has 0 aliphatic heterocycles. The standard InChI is InChI=1S/C15H20N4O2S/c1-12-16-8-10-19(12)9-3-6-17-14(20)5-7-18-15(21)13-4-2-11-22-13/h2,4,8,10-11H,3,5-7,9H2,1H3,(H,17,20)(H,18,21). The summed E-state index contributed by atoms with van der Waals surface area (Å²) in [5, 5.41) is 7.44. The van der Waals surface area contributed by atoms with Gasteiger partial charge < -0.3 is 15.2 Å². The summed E-state index contributed by atoms with van der Waals surface area (Å²) in [5.74, 6) is 0.801. The Morgan fingerprint density at radius 1 is 1.32 bits per heavy atom. The Hall–Kier alpha value is -2.15. The third kappa shape index (κ3) is 5.00. The summed E-state index contributed by atoms with van der Waals surface area (Å²) in [6.07, 6.45) is 4.84. The first-order valence-corrected chi connectivity index (χ1v) is 8.11. The summed E-state index contributed by atoms with van der Waals surface area (Å²) in [6.45, 7) is 3.76. The van der Waals surface area contributed by atoms with Gasteiger partial charge >= 0.3 is 0 Å². The van der Waals surface area contributed by atoms with Crippen LogP contribution in [0.4, 0.5) is 0 Å². The summed E-state index contributed by atoms with van der Waals surface area (Å²) in [7, 11) is 0. The first kappa shape index (κ1) is 16.2. The van der Waals surface area contributed by atoms with Crippen LogP contribution in [0.3, 0.4) is 0 Å². The van der Waals surface area contributed by atoms with Crippen molar-refractivity contribution in [1.82, 2.24) is 20.2 Å². The lowest BCUT2D eigenvalue weighted by atomic mass is 10.3. The monoisotopic (exact) mass is 320 g/mol. The van der Waals surface area contributed by atoms with Crippen LogP contribution in [-0.2, 0) is 11.3 Å². The number of aromatic nitrogens is 2. The molecule has 0 aliphatic carbocycles. The average Bonchev–Trinajstić information content (AvgIpc) is 3.15. The zero-order valence-corrected chi connectivity index (χ0v) is 13.4. The number of carbonyl (C=O) groups is 2. The Morgan fingerprint density at radius 3 is 2.86 bits per heavy atom. The second kappa shape index (κ2) is 8.33. The van der Waals surface area contributed by atoms with Gasteiger partial charge in [0.1, 0.15) is 5.82 Å². The third-order valence-corrected chi connectivity index (χ3v) is 4.07. The molecule has 0 spiro atoms. The average molecular weight is 320 g/mol. The minimum absolute atomic E-state index is 0.0474. The molecule has 2 aromatic heterocycles. The molecular formula is C15H20N4O2S. The maximum absolute atomic E-state index is 11.7. The first-order chi connectivity index (χ1) is 10.7. The van der Waals surface area contributed by atoms with E-state index in [1.54, 1.807) is 12.3 Å². The SMILES string of the molecule is Cc1nccn1CCCNC(=O)CCNC(=O)c1cccs1. The van der Waals surface area contributed by atoms with Crippen molar-refractivity contribution >= 4 is 23.2 Å². The molecule has 2 N–H and O–H groups in total. The van der Waals surface area contributed by atoms with Crippen LogP contribution in [-0.4, -0.2) is 34.5 Å². The highest BCUT2D eigenvalue weighted by Gasteiger charge is 2.07. The van der Waals surface area contributed by atoms with Gasteiger partial charge in [-0.15, -0.1) is 11.3 Å². The van der Waals surface area contributed by atoms with E-state index in [2.05, 4.69) is 15.6 Å². The number of amides is 2. The Balaban J connectivity index is 1.54. The fourth-order valence-corrected chi connectivity index (χ4v) is 2.63. The van der Waals surface area contributed by atoms with Crippen molar-refractivity contribution in [3.63, 3.8) is 0 Å². The number of rotatable bonds is 8. The molecule has 0 aliphatic rings. The van der Waals surface area contributed by atoms with Crippen molar-refractivity contribution in [3.05, 3.63) is 40.6 Å². The summed E-state index contributed by atoms with van der Waals surface area (Å²) in [4.78, 5) is 28.1. The van der Waals surface area contributed by atoms with Gasteiger partial charge in [-0.3, -0.25) is 9.59 Å². The van der Waals surface area contributed by atoms with Crippen LogP contribution < -0.4 is 10.6 Å². The van der Waals surface area contributed by atoms with E-state index in [-0.39, 0.29) is 11.8 Å². The summed E-state index contributed by atoms with van der Waals surface area (Å²) in [6, 6.07) is 3.59. The summed E-state index contributed by atoms with van der Waals surface area (Å²) < 4.78 is 2.05. The van der Waals surface area contributed by atoms with E-state index in [4.69, 9.17) is 0 Å². The number of thiophene rings is 1. The van der Waals surface area contributed by atoms with Gasteiger partial charge in [0.25, 0.3) is 5.91 Å². The van der Waals surface area contributed by atoms with E-state index in [1.807, 2.05) is 29.1 Å². The summed E-state index contributed by atoms with van der Waals surface area (Å²) >= 11 is 1.39. The highest BCUT2D eigenvalue weighted by atomic mass is 32.1. The zero-order chi connectivity index (χ0) is 15.8. The molecule has 0 radical (unpaired) electrons. The molecular weight excluding hydrogens is 300 g/mol. The van der Waals surface area contributed by atoms with E-state index < -0.39 is 0 Å². The topological polar surface area (TPSA) is 76.0 Å². The quantitative estimate of drug-likeness (QED) is 0.725. The van der Waals surface area contributed by atoms with E-state index in [9.17, 15) is 9.59 Å². The molecule has 0 bridgehead atoms. The molecule has 0 fully saturated rings. The van der Waals surface area contributed by atoms with E-state index >= 15 is 0 Å². The maximum Gasteiger partial charge on any atom is 0.261 e. The molecule has 2 heterocycles. The molecule has 0 atom stereocenters. The van der Waals surface area contributed by atoms with Gasteiger partial charge in [-0.1, -0.05) is 6.07 Å². The second-order valence-electron chi connectivity index (χ2n) is 4.85. The number of aryl methyl sites for hydroxylation is 2. The highest BCUT2D eigenvalue weighted by molar-refractivity contribution is 7.12. The normalized spacial score (nSPS) is 10.4. The fourth-order valence-electron chi connectivity index (χ4n) is 1.99. The number of nitrogens with one attached hydrogen (secondary N) is 2.